The molecule has 0 aliphatic heterocycles. The average molecular weight is 474 g/mol. The van der Waals surface area contributed by atoms with Gasteiger partial charge in [-0.2, -0.15) is 13.2 Å². The van der Waals surface area contributed by atoms with Crippen molar-refractivity contribution in [3.05, 3.63) is 29.8 Å². The third kappa shape index (κ3) is 9.23. The zero-order valence-electron chi connectivity index (χ0n) is 19.0. The number of carbonyl (C=O) groups is 1. The van der Waals surface area contributed by atoms with Crippen LogP contribution in [0.1, 0.15) is 69.8 Å². The molecule has 2 rings (SSSR count). The molecule has 0 spiro atoms. The molecule has 0 heterocycles. The molecule has 1 aromatic rings. The number of hydrogen-bond donors (Lipinski definition) is 2. The Morgan fingerprint density at radius 2 is 1.97 bits per heavy atom. The van der Waals surface area contributed by atoms with E-state index in [1.807, 2.05) is 0 Å². The number of nitrogens with zero attached hydrogens (tertiary/aromatic N) is 1. The van der Waals surface area contributed by atoms with E-state index in [1.165, 1.54) is 19.2 Å². The fraction of sp³-hybridized carbons (Fsp3) is 0.667. The Hall–Kier alpha value is -2.29. The van der Waals surface area contributed by atoms with Gasteiger partial charge in [-0.1, -0.05) is 30.5 Å². The van der Waals surface area contributed by atoms with E-state index < -0.39 is 17.8 Å². The quantitative estimate of drug-likeness (QED) is 0.169. The minimum atomic E-state index is -4.45. The van der Waals surface area contributed by atoms with Gasteiger partial charge >= 0.3 is 12.1 Å². The fourth-order valence-electron chi connectivity index (χ4n) is 4.41. The number of rotatable bonds is 13. The van der Waals surface area contributed by atoms with Gasteiger partial charge in [0.25, 0.3) is 0 Å². The molecule has 33 heavy (non-hydrogen) atoms. The van der Waals surface area contributed by atoms with Gasteiger partial charge in [0.15, 0.2) is 0 Å². The Morgan fingerprint density at radius 3 is 2.67 bits per heavy atom. The third-order valence-electron chi connectivity index (χ3n) is 6.24. The van der Waals surface area contributed by atoms with Gasteiger partial charge in [-0.25, -0.2) is 0 Å². The Kier molecular flexibility index (Phi) is 11.0. The van der Waals surface area contributed by atoms with E-state index >= 15 is 0 Å². The first kappa shape index (κ1) is 27.0. The summed E-state index contributed by atoms with van der Waals surface area (Å²) in [7, 11) is 1.39. The number of ether oxygens (including phenoxy) is 2. The normalized spacial score (nSPS) is 20.7. The lowest BCUT2D eigenvalue weighted by atomic mass is 9.86. The van der Waals surface area contributed by atoms with Crippen LogP contribution in [0.3, 0.4) is 0 Å². The van der Waals surface area contributed by atoms with Crippen LogP contribution in [0.2, 0.25) is 0 Å². The predicted octanol–water partition coefficient (Wildman–Crippen LogP) is 5.60. The maximum atomic E-state index is 12.8. The van der Waals surface area contributed by atoms with Gasteiger partial charge in [0.1, 0.15) is 12.4 Å². The Balaban J connectivity index is 1.74. The monoisotopic (exact) mass is 473 g/mol. The van der Waals surface area contributed by atoms with E-state index in [9.17, 15) is 28.3 Å². The van der Waals surface area contributed by atoms with Crippen LogP contribution in [0.25, 0.3) is 0 Å². The summed E-state index contributed by atoms with van der Waals surface area (Å²) < 4.78 is 48.4. The van der Waals surface area contributed by atoms with E-state index in [2.05, 4.69) is 9.89 Å². The summed E-state index contributed by atoms with van der Waals surface area (Å²) in [4.78, 5) is 11.1. The van der Waals surface area contributed by atoms with Crippen LogP contribution >= 0.6 is 0 Å². The van der Waals surface area contributed by atoms with Gasteiger partial charge in [0.2, 0.25) is 0 Å². The fourth-order valence-corrected chi connectivity index (χ4v) is 4.41. The largest absolute Gasteiger partial charge is 0.491 e. The molecule has 0 bridgehead atoms. The van der Waals surface area contributed by atoms with E-state index in [0.717, 1.165) is 62.8 Å². The second kappa shape index (κ2) is 13.4. The van der Waals surface area contributed by atoms with Crippen LogP contribution in [-0.2, 0) is 15.7 Å². The number of aliphatic hydroxyl groups is 1. The number of unbranched alkanes of at least 4 members (excludes halogenated alkanes) is 3. The van der Waals surface area contributed by atoms with Crippen LogP contribution in [-0.4, -0.2) is 41.8 Å². The number of oxime groups is 1. The summed E-state index contributed by atoms with van der Waals surface area (Å²) >= 11 is 0. The molecular formula is C24H34F3NO5. The maximum absolute atomic E-state index is 12.8. The first-order chi connectivity index (χ1) is 15.7. The Labute approximate surface area is 192 Å². The topological polar surface area (TPSA) is 88.4 Å². The SMILES string of the molecule is COC(=O)CCCCCCC1CC/C(=N/O)C1CC[C@@H](O)COc1cccc(C(F)(F)F)c1. The van der Waals surface area contributed by atoms with Crippen molar-refractivity contribution in [3.8, 4) is 5.75 Å². The molecule has 2 N–H and O–H groups in total. The smallest absolute Gasteiger partial charge is 0.416 e. The number of alkyl halides is 3. The molecule has 186 valence electrons. The molecule has 0 radical (unpaired) electrons. The minimum Gasteiger partial charge on any atom is -0.491 e. The summed E-state index contributed by atoms with van der Waals surface area (Å²) in [5.74, 6) is 0.319. The molecule has 1 saturated carbocycles. The second-order valence-corrected chi connectivity index (χ2v) is 8.59. The number of halogens is 3. The van der Waals surface area contributed by atoms with Gasteiger partial charge in [0, 0.05) is 12.3 Å². The van der Waals surface area contributed by atoms with E-state index in [1.54, 1.807) is 0 Å². The van der Waals surface area contributed by atoms with Gasteiger partial charge in [-0.05, 0) is 62.6 Å². The van der Waals surface area contributed by atoms with Crippen molar-refractivity contribution in [2.45, 2.75) is 76.5 Å². The highest BCUT2D eigenvalue weighted by Gasteiger charge is 2.33. The Bertz CT molecular complexity index is 769. The molecule has 2 unspecified atom stereocenters. The van der Waals surface area contributed by atoms with Gasteiger partial charge in [-0.15, -0.1) is 0 Å². The highest BCUT2D eigenvalue weighted by atomic mass is 19.4. The summed E-state index contributed by atoms with van der Waals surface area (Å²) in [5.41, 5.74) is -0.0472. The van der Waals surface area contributed by atoms with Crippen molar-refractivity contribution >= 4 is 11.7 Å². The number of carbonyl (C=O) groups excluding carboxylic acids is 1. The summed E-state index contributed by atoms with van der Waals surface area (Å²) in [6.07, 6.45) is 2.62. The molecule has 6 nitrogen and oxygen atoms in total. The van der Waals surface area contributed by atoms with Crippen molar-refractivity contribution in [1.82, 2.24) is 0 Å². The lowest BCUT2D eigenvalue weighted by Crippen LogP contribution is -2.22. The molecule has 1 fully saturated rings. The molecule has 0 aromatic heterocycles. The van der Waals surface area contributed by atoms with Crippen LogP contribution < -0.4 is 4.74 Å². The van der Waals surface area contributed by atoms with Crippen LogP contribution in [0.4, 0.5) is 13.2 Å². The highest BCUT2D eigenvalue weighted by Crippen LogP contribution is 2.37. The number of aliphatic hydroxyl groups excluding tert-OH is 1. The number of hydrogen-bond acceptors (Lipinski definition) is 6. The standard InChI is InChI=1S/C24H34F3NO5/c1-32-23(30)10-5-3-2-4-7-17-11-14-22(28-31)21(17)13-12-19(29)16-33-20-9-6-8-18(15-20)24(25,26)27/h6,8-9,15,17,19,21,29,31H,2-5,7,10-14,16H2,1H3/b28-22-/t17?,19-,21?/m1/s1. The van der Waals surface area contributed by atoms with E-state index in [-0.39, 0.29) is 24.2 Å². The zero-order valence-corrected chi connectivity index (χ0v) is 19.0. The van der Waals surface area contributed by atoms with E-state index in [0.29, 0.717) is 25.2 Å². The van der Waals surface area contributed by atoms with Crippen molar-refractivity contribution in [2.75, 3.05) is 13.7 Å². The zero-order chi connectivity index (χ0) is 24.3. The number of esters is 1. The molecule has 1 aliphatic carbocycles. The molecule has 0 amide bonds. The van der Waals surface area contributed by atoms with Crippen molar-refractivity contribution in [1.29, 1.82) is 0 Å². The Morgan fingerprint density at radius 1 is 1.21 bits per heavy atom. The number of methoxy groups -OCH3 is 1. The lowest BCUT2D eigenvalue weighted by molar-refractivity contribution is -0.140. The van der Waals surface area contributed by atoms with E-state index in [4.69, 9.17) is 4.74 Å². The lowest BCUT2D eigenvalue weighted by Gasteiger charge is -2.21. The van der Waals surface area contributed by atoms with Crippen molar-refractivity contribution < 1.29 is 37.8 Å². The first-order valence-corrected chi connectivity index (χ1v) is 11.5. The summed E-state index contributed by atoms with van der Waals surface area (Å²) in [5, 5.41) is 23.1. The first-order valence-electron chi connectivity index (χ1n) is 11.5. The van der Waals surface area contributed by atoms with Gasteiger partial charge in [-0.3, -0.25) is 4.79 Å². The van der Waals surface area contributed by atoms with Crippen molar-refractivity contribution in [3.63, 3.8) is 0 Å². The second-order valence-electron chi connectivity index (χ2n) is 8.59. The maximum Gasteiger partial charge on any atom is 0.416 e. The predicted molar refractivity (Wildman–Crippen MR) is 117 cm³/mol. The summed E-state index contributed by atoms with van der Waals surface area (Å²) in [6, 6.07) is 4.59. The molecule has 3 atom stereocenters. The third-order valence-corrected chi connectivity index (χ3v) is 6.24. The molecular weight excluding hydrogens is 439 g/mol. The van der Waals surface area contributed by atoms with Crippen LogP contribution in [0, 0.1) is 11.8 Å². The number of benzene rings is 1. The van der Waals surface area contributed by atoms with Crippen LogP contribution in [0.5, 0.6) is 5.75 Å². The minimum absolute atomic E-state index is 0.0624. The van der Waals surface area contributed by atoms with Crippen molar-refractivity contribution in [2.24, 2.45) is 17.0 Å². The molecule has 0 saturated heterocycles. The molecule has 1 aromatic carbocycles. The van der Waals surface area contributed by atoms with Gasteiger partial charge < -0.3 is 19.8 Å². The molecule has 1 aliphatic rings. The molecule has 9 heteroatoms. The van der Waals surface area contributed by atoms with Gasteiger partial charge in [0.05, 0.1) is 24.5 Å². The van der Waals surface area contributed by atoms with Crippen LogP contribution in [0.15, 0.2) is 29.4 Å². The highest BCUT2D eigenvalue weighted by molar-refractivity contribution is 5.88. The average Bonchev–Trinajstić information content (AvgIpc) is 3.19. The summed E-state index contributed by atoms with van der Waals surface area (Å²) in [6.45, 7) is -0.107.